The maximum absolute atomic E-state index is 12.5. The SMILES string of the molecule is CC(=O)c1ccc(NC(=O)[C@@H](NC(=O)OCc2ccccc2)C(C)C)cc1. The number of amides is 2. The summed E-state index contributed by atoms with van der Waals surface area (Å²) in [5, 5.41) is 5.36. The van der Waals surface area contributed by atoms with Crippen molar-refractivity contribution in [1.29, 1.82) is 0 Å². The highest BCUT2D eigenvalue weighted by molar-refractivity contribution is 5.98. The molecule has 6 nitrogen and oxygen atoms in total. The van der Waals surface area contributed by atoms with Crippen molar-refractivity contribution in [2.75, 3.05) is 5.32 Å². The van der Waals surface area contributed by atoms with Gasteiger partial charge in [0.05, 0.1) is 0 Å². The molecule has 0 fully saturated rings. The highest BCUT2D eigenvalue weighted by atomic mass is 16.5. The molecule has 0 aliphatic heterocycles. The van der Waals surface area contributed by atoms with Gasteiger partial charge in [-0.15, -0.1) is 0 Å². The van der Waals surface area contributed by atoms with Crippen LogP contribution in [0.25, 0.3) is 0 Å². The van der Waals surface area contributed by atoms with Gasteiger partial charge in [0.15, 0.2) is 5.78 Å². The molecule has 2 amide bonds. The molecule has 2 aromatic carbocycles. The summed E-state index contributed by atoms with van der Waals surface area (Å²) < 4.78 is 5.18. The summed E-state index contributed by atoms with van der Waals surface area (Å²) >= 11 is 0. The Labute approximate surface area is 158 Å². The molecule has 142 valence electrons. The number of carbonyl (C=O) groups excluding carboxylic acids is 3. The van der Waals surface area contributed by atoms with E-state index in [1.165, 1.54) is 6.92 Å². The van der Waals surface area contributed by atoms with E-state index in [4.69, 9.17) is 4.74 Å². The Morgan fingerprint density at radius 1 is 0.963 bits per heavy atom. The number of hydrogen-bond acceptors (Lipinski definition) is 4. The molecule has 0 bridgehead atoms. The van der Waals surface area contributed by atoms with E-state index in [-0.39, 0.29) is 24.2 Å². The molecule has 0 aromatic heterocycles. The molecule has 27 heavy (non-hydrogen) atoms. The van der Waals surface area contributed by atoms with Crippen molar-refractivity contribution < 1.29 is 19.1 Å². The number of carbonyl (C=O) groups is 3. The molecule has 0 saturated carbocycles. The Morgan fingerprint density at radius 2 is 1.59 bits per heavy atom. The van der Waals surface area contributed by atoms with Crippen molar-refractivity contribution in [2.24, 2.45) is 5.92 Å². The van der Waals surface area contributed by atoms with Crippen LogP contribution in [0.5, 0.6) is 0 Å². The van der Waals surface area contributed by atoms with Gasteiger partial charge in [-0.1, -0.05) is 44.2 Å². The van der Waals surface area contributed by atoms with Gasteiger partial charge in [-0.25, -0.2) is 4.79 Å². The van der Waals surface area contributed by atoms with Crippen molar-refractivity contribution in [3.8, 4) is 0 Å². The van der Waals surface area contributed by atoms with Crippen molar-refractivity contribution in [1.82, 2.24) is 5.32 Å². The third-order valence-corrected chi connectivity index (χ3v) is 3.99. The average molecular weight is 368 g/mol. The van der Waals surface area contributed by atoms with Gasteiger partial charge in [-0.05, 0) is 42.7 Å². The van der Waals surface area contributed by atoms with Crippen LogP contribution in [0.3, 0.4) is 0 Å². The Morgan fingerprint density at radius 3 is 2.15 bits per heavy atom. The second kappa shape index (κ2) is 9.52. The van der Waals surface area contributed by atoms with E-state index in [1.807, 2.05) is 44.2 Å². The number of rotatable bonds is 7. The molecular weight excluding hydrogens is 344 g/mol. The Bertz CT molecular complexity index is 786. The number of Topliss-reactive ketones (excluding diaryl/α,β-unsaturated/α-hetero) is 1. The first-order valence-electron chi connectivity index (χ1n) is 8.76. The molecule has 2 rings (SSSR count). The molecular formula is C21H24N2O4. The summed E-state index contributed by atoms with van der Waals surface area (Å²) in [5.74, 6) is -0.529. The molecule has 0 radical (unpaired) electrons. The molecule has 2 aromatic rings. The van der Waals surface area contributed by atoms with E-state index in [2.05, 4.69) is 10.6 Å². The number of ketones is 1. The zero-order valence-electron chi connectivity index (χ0n) is 15.7. The van der Waals surface area contributed by atoms with E-state index in [1.54, 1.807) is 24.3 Å². The molecule has 0 heterocycles. The predicted octanol–water partition coefficient (Wildman–Crippen LogP) is 3.78. The van der Waals surface area contributed by atoms with Crippen LogP contribution in [0, 0.1) is 5.92 Å². The third-order valence-electron chi connectivity index (χ3n) is 3.99. The Kier molecular flexibility index (Phi) is 7.11. The van der Waals surface area contributed by atoms with Crippen LogP contribution < -0.4 is 10.6 Å². The predicted molar refractivity (Wildman–Crippen MR) is 103 cm³/mol. The van der Waals surface area contributed by atoms with Crippen LogP contribution in [0.4, 0.5) is 10.5 Å². The minimum absolute atomic E-state index is 0.0456. The second-order valence-electron chi connectivity index (χ2n) is 6.55. The minimum Gasteiger partial charge on any atom is -0.445 e. The smallest absolute Gasteiger partial charge is 0.408 e. The van der Waals surface area contributed by atoms with Crippen LogP contribution in [-0.4, -0.2) is 23.8 Å². The topological polar surface area (TPSA) is 84.5 Å². The number of anilines is 1. The average Bonchev–Trinajstić information content (AvgIpc) is 2.65. The fourth-order valence-corrected chi connectivity index (χ4v) is 2.43. The first-order valence-corrected chi connectivity index (χ1v) is 8.76. The summed E-state index contributed by atoms with van der Waals surface area (Å²) in [4.78, 5) is 35.9. The highest BCUT2D eigenvalue weighted by Crippen LogP contribution is 2.12. The molecule has 6 heteroatoms. The summed E-state index contributed by atoms with van der Waals surface area (Å²) in [6.07, 6.45) is -0.653. The lowest BCUT2D eigenvalue weighted by Crippen LogP contribution is -2.47. The van der Waals surface area contributed by atoms with Crippen LogP contribution in [0.1, 0.15) is 36.7 Å². The Balaban J connectivity index is 1.93. The summed E-state index contributed by atoms with van der Waals surface area (Å²) in [5.41, 5.74) is 1.98. The quantitative estimate of drug-likeness (QED) is 0.729. The molecule has 0 saturated heterocycles. The third kappa shape index (κ3) is 6.26. The van der Waals surface area contributed by atoms with Crippen LogP contribution in [-0.2, 0) is 16.1 Å². The van der Waals surface area contributed by atoms with Gasteiger partial charge in [0.1, 0.15) is 12.6 Å². The lowest BCUT2D eigenvalue weighted by molar-refractivity contribution is -0.119. The van der Waals surface area contributed by atoms with Gasteiger partial charge in [-0.3, -0.25) is 9.59 Å². The zero-order chi connectivity index (χ0) is 19.8. The fraction of sp³-hybridized carbons (Fsp3) is 0.286. The number of nitrogens with one attached hydrogen (secondary N) is 2. The second-order valence-corrected chi connectivity index (χ2v) is 6.55. The summed E-state index contributed by atoms with van der Waals surface area (Å²) in [7, 11) is 0. The van der Waals surface area contributed by atoms with E-state index >= 15 is 0 Å². The van der Waals surface area contributed by atoms with Gasteiger partial charge < -0.3 is 15.4 Å². The lowest BCUT2D eigenvalue weighted by Gasteiger charge is -2.21. The minimum atomic E-state index is -0.749. The van der Waals surface area contributed by atoms with Gasteiger partial charge >= 0.3 is 6.09 Å². The molecule has 0 spiro atoms. The van der Waals surface area contributed by atoms with E-state index in [0.29, 0.717) is 11.3 Å². The van der Waals surface area contributed by atoms with Crippen LogP contribution >= 0.6 is 0 Å². The molecule has 0 aliphatic carbocycles. The van der Waals surface area contributed by atoms with Gasteiger partial charge in [0.25, 0.3) is 0 Å². The van der Waals surface area contributed by atoms with Gasteiger partial charge in [0, 0.05) is 11.3 Å². The highest BCUT2D eigenvalue weighted by Gasteiger charge is 2.25. The maximum Gasteiger partial charge on any atom is 0.408 e. The number of benzene rings is 2. The van der Waals surface area contributed by atoms with Crippen molar-refractivity contribution >= 4 is 23.5 Å². The number of hydrogen-bond donors (Lipinski definition) is 2. The van der Waals surface area contributed by atoms with E-state index in [0.717, 1.165) is 5.56 Å². The van der Waals surface area contributed by atoms with Gasteiger partial charge in [0.2, 0.25) is 5.91 Å². The monoisotopic (exact) mass is 368 g/mol. The summed E-state index contributed by atoms with van der Waals surface area (Å²) in [6, 6.07) is 15.1. The van der Waals surface area contributed by atoms with E-state index < -0.39 is 12.1 Å². The molecule has 1 atom stereocenters. The molecule has 2 N–H and O–H groups in total. The summed E-state index contributed by atoms with van der Waals surface area (Å²) in [6.45, 7) is 5.28. The van der Waals surface area contributed by atoms with Crippen molar-refractivity contribution in [3.63, 3.8) is 0 Å². The molecule has 0 unspecified atom stereocenters. The molecule has 0 aliphatic rings. The van der Waals surface area contributed by atoms with Crippen molar-refractivity contribution in [2.45, 2.75) is 33.4 Å². The normalized spacial score (nSPS) is 11.6. The Hall–Kier alpha value is -3.15. The van der Waals surface area contributed by atoms with E-state index in [9.17, 15) is 14.4 Å². The first kappa shape index (κ1) is 20.2. The van der Waals surface area contributed by atoms with Crippen LogP contribution in [0.15, 0.2) is 54.6 Å². The number of ether oxygens (including phenoxy) is 1. The largest absolute Gasteiger partial charge is 0.445 e. The van der Waals surface area contributed by atoms with Crippen molar-refractivity contribution in [3.05, 3.63) is 65.7 Å². The van der Waals surface area contributed by atoms with Gasteiger partial charge in [-0.2, -0.15) is 0 Å². The zero-order valence-corrected chi connectivity index (χ0v) is 15.7. The maximum atomic E-state index is 12.5. The standard InChI is InChI=1S/C21H24N2O4/c1-14(2)19(23-21(26)27-13-16-7-5-4-6-8-16)20(25)22-18-11-9-17(10-12-18)15(3)24/h4-12,14,19H,13H2,1-3H3,(H,22,25)(H,23,26)/t19-/m0/s1. The number of alkyl carbamates (subject to hydrolysis) is 1. The fourth-order valence-electron chi connectivity index (χ4n) is 2.43. The first-order chi connectivity index (χ1) is 12.9. The van der Waals surface area contributed by atoms with Crippen LogP contribution in [0.2, 0.25) is 0 Å². The lowest BCUT2D eigenvalue weighted by atomic mass is 10.0.